The van der Waals surface area contributed by atoms with E-state index in [1.807, 2.05) is 6.20 Å². The van der Waals surface area contributed by atoms with E-state index in [2.05, 4.69) is 53.0 Å². The number of halogens is 1. The number of aromatic nitrogens is 1. The molecule has 66 valence electrons. The van der Waals surface area contributed by atoms with Crippen LogP contribution in [-0.2, 0) is 0 Å². The lowest BCUT2D eigenvalue weighted by Crippen LogP contribution is -1.85. The van der Waals surface area contributed by atoms with Gasteiger partial charge in [0.1, 0.15) is 0 Å². The molecule has 0 spiro atoms. The Morgan fingerprint density at radius 2 is 2.00 bits per heavy atom. The molecule has 2 heteroatoms. The number of aryl methyl sites for hydroxylation is 2. The summed E-state index contributed by atoms with van der Waals surface area (Å²) in [6.07, 6.45) is 1.85. The Kier molecular flexibility index (Phi) is 2.08. The molecule has 2 rings (SSSR count). The van der Waals surface area contributed by atoms with Gasteiger partial charge in [0, 0.05) is 16.1 Å². The quantitative estimate of drug-likeness (QED) is 0.680. The number of pyridine rings is 1. The second-order valence-corrected chi connectivity index (χ2v) is 4.11. The van der Waals surface area contributed by atoms with Crippen LogP contribution in [0.4, 0.5) is 0 Å². The van der Waals surface area contributed by atoms with Crippen LogP contribution in [0.5, 0.6) is 0 Å². The van der Waals surface area contributed by atoms with Crippen LogP contribution < -0.4 is 0 Å². The molecule has 1 aromatic carbocycles. The minimum absolute atomic E-state index is 1.06. The molecule has 0 saturated heterocycles. The average molecular weight is 236 g/mol. The molecule has 0 bridgehead atoms. The number of hydrogen-bond donors (Lipinski definition) is 0. The van der Waals surface area contributed by atoms with Crippen molar-refractivity contribution in [3.63, 3.8) is 0 Å². The van der Waals surface area contributed by atoms with Crippen molar-refractivity contribution in [1.29, 1.82) is 0 Å². The van der Waals surface area contributed by atoms with Gasteiger partial charge in [0.05, 0.1) is 5.52 Å². The Morgan fingerprint density at radius 3 is 2.77 bits per heavy atom. The van der Waals surface area contributed by atoms with Crippen molar-refractivity contribution in [2.75, 3.05) is 0 Å². The standard InChI is InChI=1S/C11H10BrN/c1-7-3-4-11-9(5-7)8(2)10(12)6-13-11/h3-6H,1-2H3. The van der Waals surface area contributed by atoms with Gasteiger partial charge in [-0.3, -0.25) is 4.98 Å². The van der Waals surface area contributed by atoms with Gasteiger partial charge < -0.3 is 0 Å². The minimum Gasteiger partial charge on any atom is -0.255 e. The second-order valence-electron chi connectivity index (χ2n) is 3.25. The summed E-state index contributed by atoms with van der Waals surface area (Å²) < 4.78 is 1.07. The monoisotopic (exact) mass is 235 g/mol. The number of nitrogens with zero attached hydrogens (tertiary/aromatic N) is 1. The Labute approximate surface area is 85.9 Å². The molecule has 13 heavy (non-hydrogen) atoms. The third-order valence-corrected chi connectivity index (χ3v) is 3.03. The number of fused-ring (bicyclic) bond motifs is 1. The number of hydrogen-bond acceptors (Lipinski definition) is 1. The molecule has 1 aromatic heterocycles. The molecule has 0 amide bonds. The molecule has 0 aliphatic carbocycles. The van der Waals surface area contributed by atoms with E-state index in [9.17, 15) is 0 Å². The first kappa shape index (κ1) is 8.70. The SMILES string of the molecule is Cc1ccc2ncc(Br)c(C)c2c1. The van der Waals surface area contributed by atoms with Crippen molar-refractivity contribution in [2.45, 2.75) is 13.8 Å². The maximum Gasteiger partial charge on any atom is 0.0705 e. The van der Waals surface area contributed by atoms with Gasteiger partial charge in [0.15, 0.2) is 0 Å². The molecule has 0 radical (unpaired) electrons. The summed E-state index contributed by atoms with van der Waals surface area (Å²) >= 11 is 3.48. The van der Waals surface area contributed by atoms with Crippen LogP contribution in [0.3, 0.4) is 0 Å². The van der Waals surface area contributed by atoms with Gasteiger partial charge in [-0.25, -0.2) is 0 Å². The summed E-state index contributed by atoms with van der Waals surface area (Å²) in [5.74, 6) is 0. The fourth-order valence-electron chi connectivity index (χ4n) is 1.41. The zero-order valence-electron chi connectivity index (χ0n) is 7.63. The minimum atomic E-state index is 1.06. The highest BCUT2D eigenvalue weighted by Crippen LogP contribution is 2.24. The van der Waals surface area contributed by atoms with E-state index in [1.165, 1.54) is 16.5 Å². The fraction of sp³-hybridized carbons (Fsp3) is 0.182. The predicted octanol–water partition coefficient (Wildman–Crippen LogP) is 3.61. The highest BCUT2D eigenvalue weighted by Gasteiger charge is 2.01. The van der Waals surface area contributed by atoms with Gasteiger partial charge in [-0.1, -0.05) is 11.6 Å². The highest BCUT2D eigenvalue weighted by molar-refractivity contribution is 9.10. The maximum absolute atomic E-state index is 4.34. The molecular weight excluding hydrogens is 226 g/mol. The molecular formula is C11H10BrN. The Bertz CT molecular complexity index is 458. The van der Waals surface area contributed by atoms with Crippen LogP contribution in [-0.4, -0.2) is 4.98 Å². The summed E-state index contributed by atoms with van der Waals surface area (Å²) in [6.45, 7) is 4.20. The van der Waals surface area contributed by atoms with Crippen molar-refractivity contribution < 1.29 is 0 Å². The fourth-order valence-corrected chi connectivity index (χ4v) is 1.73. The maximum atomic E-state index is 4.34. The van der Waals surface area contributed by atoms with E-state index in [-0.39, 0.29) is 0 Å². The average Bonchev–Trinajstić information content (AvgIpc) is 2.12. The summed E-state index contributed by atoms with van der Waals surface area (Å²) in [5.41, 5.74) is 3.59. The Hall–Kier alpha value is -0.890. The van der Waals surface area contributed by atoms with Crippen molar-refractivity contribution in [2.24, 2.45) is 0 Å². The van der Waals surface area contributed by atoms with E-state index in [1.54, 1.807) is 0 Å². The van der Waals surface area contributed by atoms with Crippen LogP contribution in [0.2, 0.25) is 0 Å². The molecule has 0 fully saturated rings. The molecule has 0 saturated carbocycles. The van der Waals surface area contributed by atoms with Crippen molar-refractivity contribution in [3.05, 3.63) is 40.0 Å². The smallest absolute Gasteiger partial charge is 0.0705 e. The topological polar surface area (TPSA) is 12.9 Å². The van der Waals surface area contributed by atoms with Crippen LogP contribution in [0.1, 0.15) is 11.1 Å². The lowest BCUT2D eigenvalue weighted by atomic mass is 10.1. The van der Waals surface area contributed by atoms with Gasteiger partial charge in [0.25, 0.3) is 0 Å². The normalized spacial score (nSPS) is 10.7. The van der Waals surface area contributed by atoms with E-state index >= 15 is 0 Å². The molecule has 0 atom stereocenters. The van der Waals surface area contributed by atoms with Crippen LogP contribution in [0.15, 0.2) is 28.9 Å². The van der Waals surface area contributed by atoms with E-state index in [0.29, 0.717) is 0 Å². The zero-order valence-corrected chi connectivity index (χ0v) is 9.22. The molecule has 0 N–H and O–H groups in total. The van der Waals surface area contributed by atoms with Gasteiger partial charge in [-0.05, 0) is 47.5 Å². The summed E-state index contributed by atoms with van der Waals surface area (Å²) in [7, 11) is 0. The number of rotatable bonds is 0. The van der Waals surface area contributed by atoms with Gasteiger partial charge in [-0.2, -0.15) is 0 Å². The summed E-state index contributed by atoms with van der Waals surface area (Å²) in [5, 5.41) is 1.23. The first-order valence-electron chi connectivity index (χ1n) is 4.20. The predicted molar refractivity (Wildman–Crippen MR) is 58.9 cm³/mol. The molecule has 0 aliphatic rings. The van der Waals surface area contributed by atoms with Crippen molar-refractivity contribution in [1.82, 2.24) is 4.98 Å². The highest BCUT2D eigenvalue weighted by atomic mass is 79.9. The zero-order chi connectivity index (χ0) is 9.42. The van der Waals surface area contributed by atoms with E-state index in [0.717, 1.165) is 9.99 Å². The summed E-state index contributed by atoms with van der Waals surface area (Å²) in [6, 6.07) is 6.31. The lowest BCUT2D eigenvalue weighted by Gasteiger charge is -2.04. The van der Waals surface area contributed by atoms with Crippen LogP contribution >= 0.6 is 15.9 Å². The second kappa shape index (κ2) is 3.11. The van der Waals surface area contributed by atoms with Gasteiger partial charge in [-0.15, -0.1) is 0 Å². The van der Waals surface area contributed by atoms with Crippen molar-refractivity contribution in [3.8, 4) is 0 Å². The van der Waals surface area contributed by atoms with Crippen molar-refractivity contribution >= 4 is 26.8 Å². The third-order valence-electron chi connectivity index (χ3n) is 2.23. The molecule has 1 heterocycles. The number of benzene rings is 1. The molecule has 2 aromatic rings. The molecule has 0 aliphatic heterocycles. The Balaban J connectivity index is 2.89. The lowest BCUT2D eigenvalue weighted by molar-refractivity contribution is 1.33. The molecule has 0 unspecified atom stereocenters. The van der Waals surface area contributed by atoms with E-state index < -0.39 is 0 Å². The first-order chi connectivity index (χ1) is 6.18. The summed E-state index contributed by atoms with van der Waals surface area (Å²) in [4.78, 5) is 4.34. The third kappa shape index (κ3) is 1.46. The largest absolute Gasteiger partial charge is 0.255 e. The first-order valence-corrected chi connectivity index (χ1v) is 4.99. The van der Waals surface area contributed by atoms with Gasteiger partial charge in [0.2, 0.25) is 0 Å². The Morgan fingerprint density at radius 1 is 1.23 bits per heavy atom. The van der Waals surface area contributed by atoms with Crippen LogP contribution in [0, 0.1) is 13.8 Å². The van der Waals surface area contributed by atoms with Gasteiger partial charge >= 0.3 is 0 Å². The van der Waals surface area contributed by atoms with E-state index in [4.69, 9.17) is 0 Å². The van der Waals surface area contributed by atoms with Crippen LogP contribution in [0.25, 0.3) is 10.9 Å². The molecule has 1 nitrogen and oxygen atoms in total.